The largest absolute Gasteiger partial charge is 0.481 e. The topological polar surface area (TPSA) is 57.6 Å². The Balaban J connectivity index is 2.16. The van der Waals surface area contributed by atoms with Crippen molar-refractivity contribution in [2.45, 2.75) is 33.2 Å². The standard InChI is InChI=1S/C18H21NO3S/c1-13-14(2)23-12-16(13)18(22)19(10-6-9-17(20)21)11-15-7-4-3-5-8-15/h3-5,7-8,12H,6,9-11H2,1-2H3,(H,20,21). The molecule has 0 aliphatic carbocycles. The minimum absolute atomic E-state index is 0.0268. The van der Waals surface area contributed by atoms with Crippen LogP contribution in [0.4, 0.5) is 0 Å². The van der Waals surface area contributed by atoms with Crippen molar-refractivity contribution in [2.24, 2.45) is 0 Å². The Morgan fingerprint density at radius 2 is 1.87 bits per heavy atom. The first-order valence-corrected chi connectivity index (χ1v) is 8.46. The number of aliphatic carboxylic acids is 1. The van der Waals surface area contributed by atoms with Crippen molar-refractivity contribution in [2.75, 3.05) is 6.54 Å². The Hall–Kier alpha value is -2.14. The monoisotopic (exact) mass is 331 g/mol. The zero-order valence-electron chi connectivity index (χ0n) is 13.4. The van der Waals surface area contributed by atoms with Crippen LogP contribution in [0.3, 0.4) is 0 Å². The summed E-state index contributed by atoms with van der Waals surface area (Å²) < 4.78 is 0. The molecule has 1 amide bonds. The van der Waals surface area contributed by atoms with Crippen LogP contribution >= 0.6 is 11.3 Å². The average Bonchev–Trinajstić information content (AvgIpc) is 2.86. The summed E-state index contributed by atoms with van der Waals surface area (Å²) in [4.78, 5) is 26.5. The number of hydrogen-bond donors (Lipinski definition) is 1. The van der Waals surface area contributed by atoms with Crippen molar-refractivity contribution >= 4 is 23.2 Å². The van der Waals surface area contributed by atoms with E-state index in [-0.39, 0.29) is 12.3 Å². The molecule has 0 atom stereocenters. The third kappa shape index (κ3) is 4.66. The Morgan fingerprint density at radius 1 is 1.17 bits per heavy atom. The minimum Gasteiger partial charge on any atom is -0.481 e. The third-order valence-corrected chi connectivity index (χ3v) is 4.85. The van der Waals surface area contributed by atoms with Crippen LogP contribution in [0.1, 0.15) is 39.2 Å². The van der Waals surface area contributed by atoms with Gasteiger partial charge in [0.15, 0.2) is 0 Å². The Morgan fingerprint density at radius 3 is 2.43 bits per heavy atom. The molecule has 2 rings (SSSR count). The Labute approximate surface area is 140 Å². The van der Waals surface area contributed by atoms with Crippen LogP contribution in [-0.4, -0.2) is 28.4 Å². The maximum Gasteiger partial charge on any atom is 0.303 e. The van der Waals surface area contributed by atoms with Crippen LogP contribution in [0.15, 0.2) is 35.7 Å². The van der Waals surface area contributed by atoms with Gasteiger partial charge in [0.1, 0.15) is 0 Å². The highest BCUT2D eigenvalue weighted by Gasteiger charge is 2.20. The molecule has 0 fully saturated rings. The van der Waals surface area contributed by atoms with Crippen molar-refractivity contribution in [3.63, 3.8) is 0 Å². The van der Waals surface area contributed by atoms with Gasteiger partial charge in [-0.15, -0.1) is 11.3 Å². The molecule has 1 heterocycles. The average molecular weight is 331 g/mol. The second kappa shape index (κ2) is 7.92. The predicted molar refractivity (Wildman–Crippen MR) is 91.8 cm³/mol. The Kier molecular flexibility index (Phi) is 5.93. The molecule has 0 saturated carbocycles. The summed E-state index contributed by atoms with van der Waals surface area (Å²) >= 11 is 1.57. The molecular weight excluding hydrogens is 310 g/mol. The highest BCUT2D eigenvalue weighted by molar-refractivity contribution is 7.10. The molecule has 0 spiro atoms. The van der Waals surface area contributed by atoms with E-state index in [0.29, 0.717) is 19.5 Å². The van der Waals surface area contributed by atoms with Gasteiger partial charge in [-0.2, -0.15) is 0 Å². The number of amides is 1. The minimum atomic E-state index is -0.834. The van der Waals surface area contributed by atoms with Crippen LogP contribution in [0.5, 0.6) is 0 Å². The molecule has 5 heteroatoms. The summed E-state index contributed by atoms with van der Waals surface area (Å²) in [6.07, 6.45) is 0.524. The van der Waals surface area contributed by atoms with E-state index in [1.807, 2.05) is 49.6 Å². The Bertz CT molecular complexity index is 679. The summed E-state index contributed by atoms with van der Waals surface area (Å²) in [5.74, 6) is -0.860. The van der Waals surface area contributed by atoms with Crippen LogP contribution in [0.2, 0.25) is 0 Å². The highest BCUT2D eigenvalue weighted by Crippen LogP contribution is 2.23. The molecular formula is C18H21NO3S. The molecule has 0 aliphatic rings. The fourth-order valence-corrected chi connectivity index (χ4v) is 3.23. The lowest BCUT2D eigenvalue weighted by atomic mass is 10.1. The molecule has 0 aliphatic heterocycles. The SMILES string of the molecule is Cc1scc(C(=O)N(CCCC(=O)O)Cc2ccccc2)c1C. The summed E-state index contributed by atoms with van der Waals surface area (Å²) in [5, 5.41) is 10.7. The van der Waals surface area contributed by atoms with Crippen molar-refractivity contribution in [1.82, 2.24) is 4.90 Å². The first kappa shape index (κ1) is 17.2. The first-order chi connectivity index (χ1) is 11.0. The number of rotatable bonds is 7. The van der Waals surface area contributed by atoms with E-state index in [1.165, 1.54) is 0 Å². The molecule has 1 N–H and O–H groups in total. The zero-order valence-corrected chi connectivity index (χ0v) is 14.2. The number of hydrogen-bond acceptors (Lipinski definition) is 3. The molecule has 0 saturated heterocycles. The lowest BCUT2D eigenvalue weighted by Gasteiger charge is -2.23. The molecule has 23 heavy (non-hydrogen) atoms. The van der Waals surface area contributed by atoms with Crippen LogP contribution in [0.25, 0.3) is 0 Å². The van der Waals surface area contributed by atoms with Crippen LogP contribution in [0, 0.1) is 13.8 Å². The van der Waals surface area contributed by atoms with E-state index in [0.717, 1.165) is 21.6 Å². The van der Waals surface area contributed by atoms with E-state index < -0.39 is 5.97 Å². The van der Waals surface area contributed by atoms with Crippen LogP contribution in [-0.2, 0) is 11.3 Å². The maximum atomic E-state index is 12.8. The summed E-state index contributed by atoms with van der Waals surface area (Å²) in [6, 6.07) is 9.77. The zero-order chi connectivity index (χ0) is 16.8. The summed E-state index contributed by atoms with van der Waals surface area (Å²) in [5.41, 5.74) is 2.77. The number of carboxylic acid groups (broad SMARTS) is 1. The van der Waals surface area contributed by atoms with Crippen molar-refractivity contribution in [3.05, 3.63) is 57.3 Å². The second-order valence-corrected chi connectivity index (χ2v) is 6.62. The number of carbonyl (C=O) groups is 2. The molecule has 122 valence electrons. The van der Waals surface area contributed by atoms with E-state index in [4.69, 9.17) is 5.11 Å². The second-order valence-electron chi connectivity index (χ2n) is 5.54. The van der Waals surface area contributed by atoms with Gasteiger partial charge in [0.2, 0.25) is 0 Å². The normalized spacial score (nSPS) is 10.5. The summed E-state index contributed by atoms with van der Waals surface area (Å²) in [7, 11) is 0. The molecule has 1 aromatic heterocycles. The molecule has 0 radical (unpaired) electrons. The lowest BCUT2D eigenvalue weighted by molar-refractivity contribution is -0.137. The van der Waals surface area contributed by atoms with Gasteiger partial charge in [-0.05, 0) is 31.4 Å². The number of thiophene rings is 1. The van der Waals surface area contributed by atoms with Crippen molar-refractivity contribution in [3.8, 4) is 0 Å². The molecule has 0 bridgehead atoms. The van der Waals surface area contributed by atoms with Gasteiger partial charge in [-0.25, -0.2) is 0 Å². The fraction of sp³-hybridized carbons (Fsp3) is 0.333. The van der Waals surface area contributed by atoms with E-state index in [2.05, 4.69) is 0 Å². The number of benzene rings is 1. The summed E-state index contributed by atoms with van der Waals surface area (Å²) in [6.45, 7) is 4.89. The number of carboxylic acids is 1. The lowest BCUT2D eigenvalue weighted by Crippen LogP contribution is -2.32. The van der Waals surface area contributed by atoms with Crippen molar-refractivity contribution < 1.29 is 14.7 Å². The van der Waals surface area contributed by atoms with Crippen molar-refractivity contribution in [1.29, 1.82) is 0 Å². The third-order valence-electron chi connectivity index (χ3n) is 3.84. The van der Waals surface area contributed by atoms with Gasteiger partial charge < -0.3 is 10.0 Å². The van der Waals surface area contributed by atoms with Gasteiger partial charge in [0.05, 0.1) is 5.56 Å². The van der Waals surface area contributed by atoms with E-state index in [9.17, 15) is 9.59 Å². The fourth-order valence-electron chi connectivity index (χ4n) is 2.37. The number of carbonyl (C=O) groups excluding carboxylic acids is 1. The van der Waals surface area contributed by atoms with Crippen LogP contribution < -0.4 is 0 Å². The van der Waals surface area contributed by atoms with E-state index in [1.54, 1.807) is 16.2 Å². The smallest absolute Gasteiger partial charge is 0.303 e. The predicted octanol–water partition coefficient (Wildman–Crippen LogP) is 3.87. The molecule has 0 unspecified atom stereocenters. The number of nitrogens with zero attached hydrogens (tertiary/aromatic N) is 1. The van der Waals surface area contributed by atoms with Gasteiger partial charge in [0, 0.05) is 29.8 Å². The maximum absolute atomic E-state index is 12.8. The first-order valence-electron chi connectivity index (χ1n) is 7.58. The molecule has 2 aromatic rings. The van der Waals surface area contributed by atoms with Gasteiger partial charge in [-0.3, -0.25) is 9.59 Å². The van der Waals surface area contributed by atoms with Gasteiger partial charge >= 0.3 is 5.97 Å². The highest BCUT2D eigenvalue weighted by atomic mass is 32.1. The van der Waals surface area contributed by atoms with Gasteiger partial charge in [0.25, 0.3) is 5.91 Å². The van der Waals surface area contributed by atoms with Gasteiger partial charge in [-0.1, -0.05) is 30.3 Å². The van der Waals surface area contributed by atoms with E-state index >= 15 is 0 Å². The molecule has 1 aromatic carbocycles. The molecule has 4 nitrogen and oxygen atoms in total. The quantitative estimate of drug-likeness (QED) is 0.838. The number of aryl methyl sites for hydroxylation is 1.